The van der Waals surface area contributed by atoms with E-state index in [4.69, 9.17) is 4.74 Å². The first-order valence-electron chi connectivity index (χ1n) is 13.4. The number of amides is 1. The van der Waals surface area contributed by atoms with Crippen molar-refractivity contribution in [3.8, 4) is 10.4 Å². The molecule has 1 fully saturated rings. The maximum Gasteiger partial charge on any atom is 0.268 e. The Balaban J connectivity index is 1.42. The van der Waals surface area contributed by atoms with Gasteiger partial charge in [-0.05, 0) is 65.2 Å². The molecule has 0 unspecified atom stereocenters. The number of nitrogens with zero attached hydrogens (tertiary/aromatic N) is 1. The lowest BCUT2D eigenvalue weighted by Crippen LogP contribution is -2.41. The predicted octanol–water partition coefficient (Wildman–Crippen LogP) is 5.37. The lowest BCUT2D eigenvalue weighted by atomic mass is 9.87. The third kappa shape index (κ3) is 6.25. The van der Waals surface area contributed by atoms with Gasteiger partial charge in [0.2, 0.25) is 0 Å². The van der Waals surface area contributed by atoms with Crippen LogP contribution in [0, 0.1) is 6.92 Å². The molecule has 0 aliphatic carbocycles. The Hall–Kier alpha value is -3.18. The third-order valence-corrected chi connectivity index (χ3v) is 9.57. The summed E-state index contributed by atoms with van der Waals surface area (Å²) in [5, 5.41) is 5.88. The highest BCUT2D eigenvalue weighted by Crippen LogP contribution is 2.38. The van der Waals surface area contributed by atoms with E-state index in [2.05, 4.69) is 40.7 Å². The fourth-order valence-electron chi connectivity index (χ4n) is 4.83. The highest BCUT2D eigenvalue weighted by atomic mass is 32.2. The Labute approximate surface area is 239 Å². The molecule has 40 heavy (non-hydrogen) atoms. The number of aryl methyl sites for hydroxylation is 1. The molecular formula is C30H36N4O4S2. The second-order valence-electron chi connectivity index (χ2n) is 11.2. The van der Waals surface area contributed by atoms with Crippen LogP contribution in [-0.4, -0.2) is 63.6 Å². The number of thiophene rings is 1. The molecule has 2 aromatic heterocycles. The number of hydrogen-bond acceptors (Lipinski definition) is 6. The van der Waals surface area contributed by atoms with Gasteiger partial charge in [-0.2, -0.15) is 0 Å². The number of benzene rings is 2. The molecule has 1 amide bonds. The normalized spacial score (nSPS) is 14.9. The summed E-state index contributed by atoms with van der Waals surface area (Å²) < 4.78 is 34.6. The number of carbonyl (C=O) groups is 1. The van der Waals surface area contributed by atoms with E-state index in [1.54, 1.807) is 35.6 Å². The van der Waals surface area contributed by atoms with Crippen molar-refractivity contribution in [2.75, 3.05) is 44.1 Å². The van der Waals surface area contributed by atoms with Gasteiger partial charge in [-0.15, -0.1) is 11.3 Å². The molecule has 212 valence electrons. The van der Waals surface area contributed by atoms with Crippen LogP contribution in [0.2, 0.25) is 0 Å². The van der Waals surface area contributed by atoms with Gasteiger partial charge >= 0.3 is 0 Å². The Morgan fingerprint density at radius 2 is 1.80 bits per heavy atom. The fraction of sp³-hybridized carbons (Fsp3) is 0.367. The van der Waals surface area contributed by atoms with E-state index in [1.165, 1.54) is 0 Å². The van der Waals surface area contributed by atoms with Gasteiger partial charge in [-0.1, -0.05) is 32.9 Å². The van der Waals surface area contributed by atoms with Crippen LogP contribution in [-0.2, 0) is 20.2 Å². The van der Waals surface area contributed by atoms with Gasteiger partial charge in [-0.25, -0.2) is 8.42 Å². The molecule has 0 radical (unpaired) electrons. The van der Waals surface area contributed by atoms with Crippen LogP contribution < -0.4 is 10.0 Å². The zero-order valence-corrected chi connectivity index (χ0v) is 25.0. The average molecular weight is 581 g/mol. The number of aromatic amines is 1. The molecule has 0 bridgehead atoms. The van der Waals surface area contributed by atoms with E-state index < -0.39 is 10.0 Å². The second-order valence-corrected chi connectivity index (χ2v) is 13.8. The maximum atomic E-state index is 13.4. The fourth-order valence-corrected chi connectivity index (χ4v) is 6.85. The molecule has 0 atom stereocenters. The molecule has 8 nitrogen and oxygen atoms in total. The van der Waals surface area contributed by atoms with E-state index in [0.717, 1.165) is 52.1 Å². The lowest BCUT2D eigenvalue weighted by Gasteiger charge is -2.26. The number of sulfonamides is 1. The highest BCUT2D eigenvalue weighted by molar-refractivity contribution is 7.92. The highest BCUT2D eigenvalue weighted by Gasteiger charge is 2.23. The summed E-state index contributed by atoms with van der Waals surface area (Å²) >= 11 is 1.56. The van der Waals surface area contributed by atoms with Crippen molar-refractivity contribution in [2.45, 2.75) is 38.0 Å². The van der Waals surface area contributed by atoms with Crippen LogP contribution in [0.1, 0.15) is 42.4 Å². The van der Waals surface area contributed by atoms with Crippen LogP contribution in [0.3, 0.4) is 0 Å². The average Bonchev–Trinajstić information content (AvgIpc) is 3.51. The second kappa shape index (κ2) is 11.4. The Kier molecular flexibility index (Phi) is 8.05. The quantitative estimate of drug-likeness (QED) is 0.260. The standard InChI is InChI=1S/C30H36N4O4S2/c1-20-17-26(39-19-20)27-24-18-22(33-40(36,37)23-8-5-21(6-9-23)30(2,3)4)7-10-25(24)32-28(27)29(35)31-11-12-34-13-15-38-16-14-34/h5-10,17-19,32-33H,11-16H2,1-4H3,(H,31,35). The molecule has 1 aliphatic heterocycles. The summed E-state index contributed by atoms with van der Waals surface area (Å²) in [5.74, 6) is -0.188. The van der Waals surface area contributed by atoms with E-state index in [1.807, 2.05) is 36.6 Å². The minimum absolute atomic E-state index is 0.0713. The van der Waals surface area contributed by atoms with Gasteiger partial charge in [0.1, 0.15) is 5.69 Å². The van der Waals surface area contributed by atoms with Crippen LogP contribution in [0.25, 0.3) is 21.3 Å². The van der Waals surface area contributed by atoms with Crippen molar-refractivity contribution in [2.24, 2.45) is 0 Å². The zero-order chi connectivity index (χ0) is 28.5. The lowest BCUT2D eigenvalue weighted by molar-refractivity contribution is 0.0383. The summed E-state index contributed by atoms with van der Waals surface area (Å²) in [5.41, 5.74) is 4.52. The summed E-state index contributed by atoms with van der Waals surface area (Å²) in [6.45, 7) is 12.7. The molecule has 0 spiro atoms. The van der Waals surface area contributed by atoms with Crippen LogP contribution >= 0.6 is 11.3 Å². The number of H-pyrrole nitrogens is 1. The number of rotatable bonds is 8. The van der Waals surface area contributed by atoms with E-state index in [-0.39, 0.29) is 16.2 Å². The Morgan fingerprint density at radius 1 is 1.07 bits per heavy atom. The van der Waals surface area contributed by atoms with Gasteiger partial charge in [0.25, 0.3) is 15.9 Å². The third-order valence-electron chi connectivity index (χ3n) is 7.10. The van der Waals surface area contributed by atoms with E-state index in [9.17, 15) is 13.2 Å². The number of morpholine rings is 1. The Morgan fingerprint density at radius 3 is 2.45 bits per heavy atom. The molecule has 3 heterocycles. The van der Waals surface area contributed by atoms with Crippen molar-refractivity contribution in [1.82, 2.24) is 15.2 Å². The number of fused-ring (bicyclic) bond motifs is 1. The molecule has 3 N–H and O–H groups in total. The molecule has 0 saturated carbocycles. The number of ether oxygens (including phenoxy) is 1. The number of hydrogen-bond donors (Lipinski definition) is 3. The summed E-state index contributed by atoms with van der Waals surface area (Å²) in [7, 11) is -3.80. The molecule has 2 aromatic carbocycles. The molecule has 1 aliphatic rings. The van der Waals surface area contributed by atoms with Crippen molar-refractivity contribution >= 4 is 43.9 Å². The van der Waals surface area contributed by atoms with Gasteiger partial charge in [0, 0.05) is 53.2 Å². The summed E-state index contributed by atoms with van der Waals surface area (Å²) in [6, 6.07) is 14.3. The van der Waals surface area contributed by atoms with Gasteiger partial charge in [0.15, 0.2) is 0 Å². The molecule has 10 heteroatoms. The summed E-state index contributed by atoms with van der Waals surface area (Å²) in [4.78, 5) is 20.1. The predicted molar refractivity (Wildman–Crippen MR) is 162 cm³/mol. The van der Waals surface area contributed by atoms with Crippen molar-refractivity contribution in [3.05, 3.63) is 70.7 Å². The van der Waals surface area contributed by atoms with Crippen LogP contribution in [0.15, 0.2) is 58.8 Å². The first kappa shape index (κ1) is 28.4. The minimum Gasteiger partial charge on any atom is -0.379 e. The van der Waals surface area contributed by atoms with Crippen LogP contribution in [0.4, 0.5) is 5.69 Å². The monoisotopic (exact) mass is 580 g/mol. The zero-order valence-electron chi connectivity index (χ0n) is 23.3. The smallest absolute Gasteiger partial charge is 0.268 e. The molecule has 5 rings (SSSR count). The SMILES string of the molecule is Cc1csc(-c2c(C(=O)NCCN3CCOCC3)[nH]c3ccc(NS(=O)(=O)c4ccc(C(C)(C)C)cc4)cc23)c1. The van der Waals surface area contributed by atoms with Gasteiger partial charge in [-0.3, -0.25) is 14.4 Å². The van der Waals surface area contributed by atoms with Gasteiger partial charge in [0.05, 0.1) is 18.1 Å². The van der Waals surface area contributed by atoms with Crippen molar-refractivity contribution in [3.63, 3.8) is 0 Å². The first-order valence-corrected chi connectivity index (χ1v) is 15.8. The molecular weight excluding hydrogens is 544 g/mol. The van der Waals surface area contributed by atoms with Gasteiger partial charge < -0.3 is 15.0 Å². The number of nitrogens with one attached hydrogen (secondary N) is 3. The minimum atomic E-state index is -3.80. The van der Waals surface area contributed by atoms with Crippen LogP contribution in [0.5, 0.6) is 0 Å². The van der Waals surface area contributed by atoms with E-state index >= 15 is 0 Å². The van der Waals surface area contributed by atoms with Crippen molar-refractivity contribution < 1.29 is 17.9 Å². The first-order chi connectivity index (χ1) is 19.0. The maximum absolute atomic E-state index is 13.4. The number of aromatic nitrogens is 1. The Bertz CT molecular complexity index is 1610. The number of carbonyl (C=O) groups excluding carboxylic acids is 1. The van der Waals surface area contributed by atoms with Crippen molar-refractivity contribution in [1.29, 1.82) is 0 Å². The summed E-state index contributed by atoms with van der Waals surface area (Å²) in [6.07, 6.45) is 0. The molecule has 4 aromatic rings. The van der Waals surface area contributed by atoms with E-state index in [0.29, 0.717) is 31.1 Å². The largest absolute Gasteiger partial charge is 0.379 e. The number of anilines is 1. The molecule has 1 saturated heterocycles. The topological polar surface area (TPSA) is 104 Å².